The average molecular weight is 365 g/mol. The van der Waals surface area contributed by atoms with Crippen LogP contribution in [-0.4, -0.2) is 25.1 Å². The highest BCUT2D eigenvalue weighted by atomic mass is 35.5. The van der Waals surface area contributed by atoms with E-state index in [0.29, 0.717) is 22.1 Å². The number of hydrogen-bond acceptors (Lipinski definition) is 4. The Morgan fingerprint density at radius 2 is 2.00 bits per heavy atom. The third kappa shape index (κ3) is 3.58. The van der Waals surface area contributed by atoms with Gasteiger partial charge < -0.3 is 10.5 Å². The van der Waals surface area contributed by atoms with Crippen molar-refractivity contribution in [2.45, 2.75) is 0 Å². The molecule has 0 bridgehead atoms. The molecule has 0 saturated carbocycles. The summed E-state index contributed by atoms with van der Waals surface area (Å²) in [6.07, 6.45) is 3.09. The molecule has 0 spiro atoms. The van der Waals surface area contributed by atoms with Gasteiger partial charge in [-0.25, -0.2) is 4.99 Å². The molecular weight excluding hydrogens is 348 g/mol. The molecule has 0 fully saturated rings. The summed E-state index contributed by atoms with van der Waals surface area (Å²) in [6, 6.07) is 14.9. The number of nitrogen functional groups attached to an aromatic ring is 1. The normalized spacial score (nSPS) is 10.8. The number of halogens is 1. The number of nitrogens with zero attached hydrogens (tertiary/aromatic N) is 3. The fourth-order valence-corrected chi connectivity index (χ4v) is 2.82. The third-order valence-corrected chi connectivity index (χ3v) is 4.18. The first-order valence-corrected chi connectivity index (χ1v) is 8.19. The predicted octanol–water partition coefficient (Wildman–Crippen LogP) is 5.02. The summed E-state index contributed by atoms with van der Waals surface area (Å²) in [5, 5.41) is 0.594. The quantitative estimate of drug-likeness (QED) is 0.392. The summed E-state index contributed by atoms with van der Waals surface area (Å²) in [5.41, 5.74) is 10.6. The minimum absolute atomic E-state index is 0.536. The maximum absolute atomic E-state index is 6.41. The smallest absolute Gasteiger partial charge is 0.119 e. The van der Waals surface area contributed by atoms with Gasteiger partial charge in [0.1, 0.15) is 12.1 Å². The number of benzene rings is 2. The highest BCUT2D eigenvalue weighted by Gasteiger charge is 2.13. The fourth-order valence-electron chi connectivity index (χ4n) is 2.61. The lowest BCUT2D eigenvalue weighted by Crippen LogP contribution is -1.93. The van der Waals surface area contributed by atoms with Gasteiger partial charge in [0.05, 0.1) is 29.2 Å². The van der Waals surface area contributed by atoms with E-state index in [-0.39, 0.29) is 0 Å². The lowest BCUT2D eigenvalue weighted by atomic mass is 9.98. The highest BCUT2D eigenvalue weighted by molar-refractivity contribution is 6.33. The van der Waals surface area contributed by atoms with Crippen molar-refractivity contribution in [3.05, 3.63) is 59.8 Å². The minimum atomic E-state index is 0.536. The van der Waals surface area contributed by atoms with Gasteiger partial charge in [-0.3, -0.25) is 9.98 Å². The Morgan fingerprint density at radius 3 is 2.73 bits per heavy atom. The number of aromatic nitrogens is 1. The van der Waals surface area contributed by atoms with Crippen LogP contribution in [0.25, 0.3) is 22.4 Å². The van der Waals surface area contributed by atoms with E-state index < -0.39 is 0 Å². The minimum Gasteiger partial charge on any atom is -0.497 e. The summed E-state index contributed by atoms with van der Waals surface area (Å²) < 4.78 is 5.31. The number of methoxy groups -OCH3 is 1. The molecule has 3 rings (SSSR count). The number of ether oxygens (including phenoxy) is 1. The molecule has 0 atom stereocenters. The van der Waals surface area contributed by atoms with Gasteiger partial charge in [-0.05, 0) is 48.7 Å². The zero-order chi connectivity index (χ0) is 18.5. The second-order valence-electron chi connectivity index (χ2n) is 5.45. The van der Waals surface area contributed by atoms with Crippen LogP contribution >= 0.6 is 11.6 Å². The first-order valence-electron chi connectivity index (χ1n) is 7.81. The Kier molecular flexibility index (Phi) is 5.29. The summed E-state index contributed by atoms with van der Waals surface area (Å²) in [5.74, 6) is 0.710. The SMILES string of the molecule is C=N/C=N\c1ccc(-c2cccnc2-c2cc(OC)ccc2Cl)cc1N. The van der Waals surface area contributed by atoms with E-state index in [0.717, 1.165) is 22.4 Å². The number of pyridine rings is 1. The van der Waals surface area contributed by atoms with E-state index in [1.165, 1.54) is 6.34 Å². The molecule has 0 saturated heterocycles. The monoisotopic (exact) mass is 364 g/mol. The van der Waals surface area contributed by atoms with Crippen molar-refractivity contribution in [1.29, 1.82) is 0 Å². The molecule has 3 aromatic rings. The van der Waals surface area contributed by atoms with Crippen molar-refractivity contribution in [3.8, 4) is 28.1 Å². The molecule has 130 valence electrons. The van der Waals surface area contributed by atoms with E-state index in [1.807, 2.05) is 42.5 Å². The maximum atomic E-state index is 6.41. The summed E-state index contributed by atoms with van der Waals surface area (Å²) >= 11 is 6.41. The Bertz CT molecular complexity index is 985. The molecule has 2 aromatic carbocycles. The van der Waals surface area contributed by atoms with Crippen LogP contribution in [0.4, 0.5) is 11.4 Å². The van der Waals surface area contributed by atoms with E-state index >= 15 is 0 Å². The standard InChI is InChI=1S/C20H17ClN4O/c1-23-12-25-19-8-5-13(10-18(19)22)15-4-3-9-24-20(15)16-11-14(26-2)6-7-17(16)21/h3-12H,1,22H2,2H3/b25-12-. The maximum Gasteiger partial charge on any atom is 0.119 e. The second-order valence-corrected chi connectivity index (χ2v) is 5.85. The van der Waals surface area contributed by atoms with Crippen LogP contribution in [-0.2, 0) is 0 Å². The molecule has 6 heteroatoms. The van der Waals surface area contributed by atoms with Crippen LogP contribution in [0.1, 0.15) is 0 Å². The van der Waals surface area contributed by atoms with Gasteiger partial charge in [0.2, 0.25) is 0 Å². The van der Waals surface area contributed by atoms with Gasteiger partial charge >= 0.3 is 0 Å². The third-order valence-electron chi connectivity index (χ3n) is 3.85. The van der Waals surface area contributed by atoms with Crippen molar-refractivity contribution in [3.63, 3.8) is 0 Å². The lowest BCUT2D eigenvalue weighted by molar-refractivity contribution is 0.415. The Balaban J connectivity index is 2.13. The van der Waals surface area contributed by atoms with Gasteiger partial charge in [0.15, 0.2) is 0 Å². The van der Waals surface area contributed by atoms with Gasteiger partial charge in [-0.2, -0.15) is 0 Å². The second kappa shape index (κ2) is 7.80. The Labute approximate surface area is 156 Å². The Morgan fingerprint density at radius 1 is 1.15 bits per heavy atom. The van der Waals surface area contributed by atoms with Gasteiger partial charge in [0, 0.05) is 17.3 Å². The van der Waals surface area contributed by atoms with Crippen molar-refractivity contribution >= 4 is 36.0 Å². The number of aliphatic imine (C=N–C) groups is 2. The van der Waals surface area contributed by atoms with Crippen LogP contribution in [0.5, 0.6) is 5.75 Å². The van der Waals surface area contributed by atoms with Crippen molar-refractivity contribution in [2.75, 3.05) is 12.8 Å². The summed E-state index contributed by atoms with van der Waals surface area (Å²) in [6.45, 7) is 3.37. The molecular formula is C20H17ClN4O. The van der Waals surface area contributed by atoms with Crippen LogP contribution in [0, 0.1) is 0 Å². The largest absolute Gasteiger partial charge is 0.497 e. The highest BCUT2D eigenvalue weighted by Crippen LogP contribution is 2.38. The first kappa shape index (κ1) is 17.6. The number of rotatable bonds is 5. The topological polar surface area (TPSA) is 72.9 Å². The number of hydrogen-bond donors (Lipinski definition) is 1. The van der Waals surface area contributed by atoms with Crippen molar-refractivity contribution in [1.82, 2.24) is 4.98 Å². The van der Waals surface area contributed by atoms with Crippen molar-refractivity contribution < 1.29 is 4.74 Å². The molecule has 1 aromatic heterocycles. The number of nitrogens with two attached hydrogens (primary N) is 1. The van der Waals surface area contributed by atoms with Gasteiger partial charge in [0.25, 0.3) is 0 Å². The molecule has 0 aliphatic carbocycles. The van der Waals surface area contributed by atoms with Crippen molar-refractivity contribution in [2.24, 2.45) is 9.98 Å². The molecule has 26 heavy (non-hydrogen) atoms. The van der Waals surface area contributed by atoms with E-state index in [9.17, 15) is 0 Å². The molecule has 2 N–H and O–H groups in total. The molecule has 0 aliphatic heterocycles. The molecule has 0 unspecified atom stereocenters. The zero-order valence-electron chi connectivity index (χ0n) is 14.2. The van der Waals surface area contributed by atoms with Crippen LogP contribution in [0.2, 0.25) is 5.02 Å². The van der Waals surface area contributed by atoms with Crippen LogP contribution in [0.3, 0.4) is 0 Å². The summed E-state index contributed by atoms with van der Waals surface area (Å²) in [4.78, 5) is 12.3. The van der Waals surface area contributed by atoms with E-state index in [2.05, 4.69) is 21.7 Å². The fraction of sp³-hybridized carbons (Fsp3) is 0.0500. The molecule has 0 radical (unpaired) electrons. The molecule has 5 nitrogen and oxygen atoms in total. The predicted molar refractivity (Wildman–Crippen MR) is 109 cm³/mol. The Hall–Kier alpha value is -3.18. The lowest BCUT2D eigenvalue weighted by Gasteiger charge is -2.12. The summed E-state index contributed by atoms with van der Waals surface area (Å²) in [7, 11) is 1.62. The molecule has 0 amide bonds. The number of anilines is 1. The zero-order valence-corrected chi connectivity index (χ0v) is 14.9. The average Bonchev–Trinajstić information content (AvgIpc) is 2.67. The van der Waals surface area contributed by atoms with Crippen LogP contribution in [0.15, 0.2) is 64.7 Å². The van der Waals surface area contributed by atoms with Gasteiger partial charge in [-0.15, -0.1) is 0 Å². The van der Waals surface area contributed by atoms with E-state index in [1.54, 1.807) is 19.4 Å². The first-order chi connectivity index (χ1) is 12.6. The molecule has 1 heterocycles. The van der Waals surface area contributed by atoms with E-state index in [4.69, 9.17) is 22.1 Å². The molecule has 0 aliphatic rings. The van der Waals surface area contributed by atoms with Crippen LogP contribution < -0.4 is 10.5 Å². The van der Waals surface area contributed by atoms with Gasteiger partial charge in [-0.1, -0.05) is 23.7 Å².